The third kappa shape index (κ3) is 7.71. The van der Waals surface area contributed by atoms with E-state index in [9.17, 15) is 9.59 Å². The second kappa shape index (κ2) is 12.7. The van der Waals surface area contributed by atoms with E-state index in [4.69, 9.17) is 4.74 Å². The van der Waals surface area contributed by atoms with E-state index >= 15 is 0 Å². The number of benzene rings is 3. The summed E-state index contributed by atoms with van der Waals surface area (Å²) in [5.41, 5.74) is 4.14. The van der Waals surface area contributed by atoms with Crippen LogP contribution in [0.4, 0.5) is 0 Å². The van der Waals surface area contributed by atoms with Crippen molar-refractivity contribution in [2.75, 3.05) is 6.61 Å². The van der Waals surface area contributed by atoms with Gasteiger partial charge in [0, 0.05) is 19.0 Å². The van der Waals surface area contributed by atoms with Crippen LogP contribution in [0.3, 0.4) is 0 Å². The number of nitrogens with zero attached hydrogens (tertiary/aromatic N) is 1. The van der Waals surface area contributed by atoms with E-state index in [1.165, 1.54) is 0 Å². The van der Waals surface area contributed by atoms with Crippen molar-refractivity contribution < 1.29 is 14.3 Å². The van der Waals surface area contributed by atoms with Crippen molar-refractivity contribution in [1.82, 2.24) is 10.2 Å². The maximum absolute atomic E-state index is 13.6. The van der Waals surface area contributed by atoms with Crippen molar-refractivity contribution in [3.05, 3.63) is 101 Å². The molecule has 0 saturated heterocycles. The average Bonchev–Trinajstić information content (AvgIpc) is 2.86. The highest BCUT2D eigenvalue weighted by atomic mass is 16.5. The Morgan fingerprint density at radius 2 is 1.66 bits per heavy atom. The topological polar surface area (TPSA) is 58.6 Å². The summed E-state index contributed by atoms with van der Waals surface area (Å²) in [5.74, 6) is 0.258. The Morgan fingerprint density at radius 1 is 0.943 bits per heavy atom. The van der Waals surface area contributed by atoms with Crippen molar-refractivity contribution >= 4 is 11.8 Å². The Bertz CT molecular complexity index is 1110. The Morgan fingerprint density at radius 3 is 2.34 bits per heavy atom. The molecule has 0 aliphatic rings. The van der Waals surface area contributed by atoms with Crippen LogP contribution in [-0.4, -0.2) is 35.4 Å². The van der Waals surface area contributed by atoms with Crippen LogP contribution in [0.5, 0.6) is 5.75 Å². The van der Waals surface area contributed by atoms with E-state index in [1.807, 2.05) is 107 Å². The number of amides is 2. The third-order valence-electron chi connectivity index (χ3n) is 6.23. The molecule has 5 nitrogen and oxygen atoms in total. The Kier molecular flexibility index (Phi) is 9.47. The molecule has 2 unspecified atom stereocenters. The molecule has 0 spiro atoms. The fourth-order valence-electron chi connectivity index (χ4n) is 3.90. The summed E-state index contributed by atoms with van der Waals surface area (Å²) in [7, 11) is 0. The monoisotopic (exact) mass is 472 g/mol. The van der Waals surface area contributed by atoms with Gasteiger partial charge < -0.3 is 15.0 Å². The van der Waals surface area contributed by atoms with Gasteiger partial charge in [-0.3, -0.25) is 9.59 Å². The second-order valence-corrected chi connectivity index (χ2v) is 9.08. The van der Waals surface area contributed by atoms with Crippen LogP contribution in [0.15, 0.2) is 78.9 Å². The smallest absolute Gasteiger partial charge is 0.261 e. The molecule has 184 valence electrons. The third-order valence-corrected chi connectivity index (χ3v) is 6.23. The van der Waals surface area contributed by atoms with Crippen molar-refractivity contribution in [2.24, 2.45) is 0 Å². The van der Waals surface area contributed by atoms with Gasteiger partial charge in [0.05, 0.1) is 0 Å². The van der Waals surface area contributed by atoms with Crippen LogP contribution in [0.25, 0.3) is 0 Å². The summed E-state index contributed by atoms with van der Waals surface area (Å²) < 4.78 is 5.86. The second-order valence-electron chi connectivity index (χ2n) is 9.08. The van der Waals surface area contributed by atoms with Gasteiger partial charge in [0.2, 0.25) is 5.91 Å². The van der Waals surface area contributed by atoms with Crippen LogP contribution in [0.2, 0.25) is 0 Å². The molecule has 2 atom stereocenters. The zero-order valence-electron chi connectivity index (χ0n) is 21.2. The molecular weight excluding hydrogens is 436 g/mol. The Labute approximate surface area is 209 Å². The summed E-state index contributed by atoms with van der Waals surface area (Å²) in [6.07, 6.45) is 1.23. The zero-order chi connectivity index (χ0) is 25.2. The van der Waals surface area contributed by atoms with E-state index in [0.29, 0.717) is 18.7 Å². The number of nitrogens with one attached hydrogen (secondary N) is 1. The summed E-state index contributed by atoms with van der Waals surface area (Å²) >= 11 is 0. The first-order valence-corrected chi connectivity index (χ1v) is 12.2. The first kappa shape index (κ1) is 26.0. The fourth-order valence-corrected chi connectivity index (χ4v) is 3.90. The van der Waals surface area contributed by atoms with Gasteiger partial charge in [0.25, 0.3) is 5.91 Å². The van der Waals surface area contributed by atoms with Gasteiger partial charge in [0.15, 0.2) is 6.61 Å². The molecule has 3 aromatic rings. The lowest BCUT2D eigenvalue weighted by atomic mass is 10.0. The molecule has 0 bridgehead atoms. The number of carbonyl (C=O) groups is 2. The summed E-state index contributed by atoms with van der Waals surface area (Å²) in [6.45, 7) is 8.20. The molecule has 5 heteroatoms. The minimum atomic E-state index is -0.667. The first-order chi connectivity index (χ1) is 16.9. The predicted octanol–water partition coefficient (Wildman–Crippen LogP) is 5.24. The minimum absolute atomic E-state index is 0.0136. The molecule has 2 amide bonds. The highest BCUT2D eigenvalue weighted by Gasteiger charge is 2.31. The van der Waals surface area contributed by atoms with Crippen LogP contribution in [-0.2, 0) is 22.6 Å². The number of ether oxygens (including phenoxy) is 1. The largest absolute Gasteiger partial charge is 0.484 e. The highest BCUT2D eigenvalue weighted by molar-refractivity contribution is 5.88. The molecule has 1 N–H and O–H groups in total. The van der Waals surface area contributed by atoms with Gasteiger partial charge in [-0.25, -0.2) is 0 Å². The fraction of sp³-hybridized carbons (Fsp3) is 0.333. The molecule has 0 radical (unpaired) electrons. The predicted molar refractivity (Wildman–Crippen MR) is 140 cm³/mol. The van der Waals surface area contributed by atoms with E-state index in [2.05, 4.69) is 5.32 Å². The first-order valence-electron chi connectivity index (χ1n) is 12.2. The lowest BCUT2D eigenvalue weighted by molar-refractivity contribution is -0.143. The highest BCUT2D eigenvalue weighted by Crippen LogP contribution is 2.18. The number of hydrogen-bond acceptors (Lipinski definition) is 3. The van der Waals surface area contributed by atoms with Gasteiger partial charge in [-0.15, -0.1) is 0 Å². The normalized spacial score (nSPS) is 12.5. The molecule has 0 fully saturated rings. The van der Waals surface area contributed by atoms with E-state index in [1.54, 1.807) is 4.90 Å². The lowest BCUT2D eigenvalue weighted by Crippen LogP contribution is -2.53. The molecule has 35 heavy (non-hydrogen) atoms. The van der Waals surface area contributed by atoms with Gasteiger partial charge in [-0.05, 0) is 61.6 Å². The van der Waals surface area contributed by atoms with Gasteiger partial charge in [-0.1, -0.05) is 73.7 Å². The maximum Gasteiger partial charge on any atom is 0.261 e. The van der Waals surface area contributed by atoms with Crippen LogP contribution < -0.4 is 10.1 Å². The quantitative estimate of drug-likeness (QED) is 0.415. The van der Waals surface area contributed by atoms with Crippen LogP contribution >= 0.6 is 0 Å². The van der Waals surface area contributed by atoms with Crippen LogP contribution in [0, 0.1) is 13.8 Å². The minimum Gasteiger partial charge on any atom is -0.484 e. The number of rotatable bonds is 11. The number of hydrogen-bond donors (Lipinski definition) is 1. The molecule has 0 aromatic heterocycles. The molecule has 3 aromatic carbocycles. The number of aryl methyl sites for hydroxylation is 2. The maximum atomic E-state index is 13.6. The molecule has 0 aliphatic carbocycles. The van der Waals surface area contributed by atoms with Crippen molar-refractivity contribution in [3.8, 4) is 5.75 Å². The lowest BCUT2D eigenvalue weighted by Gasteiger charge is -2.32. The van der Waals surface area contributed by atoms with E-state index in [0.717, 1.165) is 28.7 Å². The van der Waals surface area contributed by atoms with Crippen LogP contribution in [0.1, 0.15) is 42.5 Å². The number of carbonyl (C=O) groups excluding carboxylic acids is 2. The summed E-state index contributed by atoms with van der Waals surface area (Å²) in [4.78, 5) is 28.8. The Balaban J connectivity index is 1.92. The Hall–Kier alpha value is -3.60. The standard InChI is InChI=1S/C30H36N2O3/c1-5-24(4)31-30(34)28(19-25-14-7-6-8-15-25)32(20-26-16-10-9-13-23(26)3)29(33)21-35-27-17-11-12-22(2)18-27/h6-18,24,28H,5,19-21H2,1-4H3,(H,31,34). The van der Waals surface area contributed by atoms with Gasteiger partial charge in [0.1, 0.15) is 11.8 Å². The molecule has 0 aliphatic heterocycles. The van der Waals surface area contributed by atoms with Gasteiger partial charge >= 0.3 is 0 Å². The van der Waals surface area contributed by atoms with Crippen molar-refractivity contribution in [3.63, 3.8) is 0 Å². The zero-order valence-corrected chi connectivity index (χ0v) is 21.2. The SMILES string of the molecule is CCC(C)NC(=O)C(Cc1ccccc1)N(Cc1ccccc1C)C(=O)COc1cccc(C)c1. The molecular formula is C30H36N2O3. The molecule has 0 saturated carbocycles. The molecule has 3 rings (SSSR count). The van der Waals surface area contributed by atoms with E-state index in [-0.39, 0.29) is 24.5 Å². The molecule has 0 heterocycles. The summed E-state index contributed by atoms with van der Waals surface area (Å²) in [6, 6.07) is 24.7. The summed E-state index contributed by atoms with van der Waals surface area (Å²) in [5, 5.41) is 3.09. The van der Waals surface area contributed by atoms with Gasteiger partial charge in [-0.2, -0.15) is 0 Å². The average molecular weight is 473 g/mol. The van der Waals surface area contributed by atoms with E-state index < -0.39 is 6.04 Å². The van der Waals surface area contributed by atoms with Crippen molar-refractivity contribution in [2.45, 2.75) is 59.2 Å². The van der Waals surface area contributed by atoms with Crippen molar-refractivity contribution in [1.29, 1.82) is 0 Å².